The number of nitrogens with zero attached hydrogens (tertiary/aromatic N) is 1. The number of carbonyl (C=O) groups excluding carboxylic acids is 2. The Morgan fingerprint density at radius 2 is 1.85 bits per heavy atom. The third-order valence-corrected chi connectivity index (χ3v) is 14.0. The molecule has 6 fully saturated rings. The van der Waals surface area contributed by atoms with Crippen LogP contribution in [-0.4, -0.2) is 110 Å². The summed E-state index contributed by atoms with van der Waals surface area (Å²) >= 11 is 0. The number of carbonyl (C=O) groups is 2. The van der Waals surface area contributed by atoms with Crippen molar-refractivity contribution in [2.75, 3.05) is 46.8 Å². The number of rotatable bonds is 10. The fourth-order valence-corrected chi connectivity index (χ4v) is 12.2. The number of para-hydroxylation sites is 1. The van der Waals surface area contributed by atoms with Crippen molar-refractivity contribution in [1.29, 1.82) is 0 Å². The van der Waals surface area contributed by atoms with E-state index in [1.807, 2.05) is 13.8 Å². The largest absolute Gasteiger partial charge is 0.461 e. The second-order valence-electron chi connectivity index (χ2n) is 15.4. The number of esters is 2. The summed E-state index contributed by atoms with van der Waals surface area (Å²) in [6.07, 6.45) is 0.731. The first-order valence-corrected chi connectivity index (χ1v) is 17.4. The lowest BCUT2D eigenvalue weighted by Crippen LogP contribution is -2.82. The van der Waals surface area contributed by atoms with Crippen molar-refractivity contribution in [3.05, 3.63) is 29.8 Å². The Hall–Kier alpha value is -2.28. The van der Waals surface area contributed by atoms with E-state index in [9.17, 15) is 19.8 Å². The summed E-state index contributed by atoms with van der Waals surface area (Å²) in [6, 6.07) is 6.39. The van der Waals surface area contributed by atoms with E-state index >= 15 is 0 Å². The van der Waals surface area contributed by atoms with Gasteiger partial charge in [0.1, 0.15) is 17.3 Å². The quantitative estimate of drug-likeness (QED) is 0.252. The smallest absolute Gasteiger partial charge is 0.340 e. The number of hydrogen-bond acceptors (Lipinski definition) is 11. The summed E-state index contributed by atoms with van der Waals surface area (Å²) in [5, 5.41) is 26.8. The molecule has 1 aliphatic heterocycles. The van der Waals surface area contributed by atoms with E-state index < -0.39 is 58.3 Å². The first kappa shape index (κ1) is 33.2. The lowest BCUT2D eigenvalue weighted by atomic mass is 9.42. The number of hydrogen-bond donors (Lipinski definition) is 3. The Balaban J connectivity index is 1.39. The van der Waals surface area contributed by atoms with Gasteiger partial charge in [0.05, 0.1) is 42.4 Å². The van der Waals surface area contributed by atoms with Crippen molar-refractivity contribution in [1.82, 2.24) is 4.90 Å². The van der Waals surface area contributed by atoms with E-state index in [1.54, 1.807) is 45.6 Å². The number of ether oxygens (including phenoxy) is 5. The standard InChI is InChI=1S/C36H52N2O9/c1-7-19(3)30(39)47-27-21-15-22-26(27)34(41,16-24(21)43-4)36(42)29(45-6)28-33(18-46-31(40)20-11-9-10-12-23(20)37)14-13-25(44-5)35(22,28)32(36)38(8-2)17-33/h9-12,19,21-22,24-29,32,41-42H,7-8,13-18,37H2,1-6H3/t19-,21+,22+,24-,25-,26+,27-,28+,29-,32-,33-,34+,35-,36+/m0/s1. The molecular weight excluding hydrogens is 604 g/mol. The number of nitrogen functional groups attached to an aromatic ring is 1. The lowest BCUT2D eigenvalue weighted by molar-refractivity contribution is -0.319. The van der Waals surface area contributed by atoms with Gasteiger partial charge in [-0.05, 0) is 50.3 Å². The molecule has 1 saturated heterocycles. The number of aliphatic hydroxyl groups is 2. The lowest BCUT2D eigenvalue weighted by Gasteiger charge is -2.70. The second kappa shape index (κ2) is 11.4. The minimum atomic E-state index is -1.76. The van der Waals surface area contributed by atoms with Crippen LogP contribution >= 0.6 is 0 Å². The zero-order valence-electron chi connectivity index (χ0n) is 28.5. The molecule has 11 nitrogen and oxygen atoms in total. The zero-order valence-corrected chi connectivity index (χ0v) is 28.5. The summed E-state index contributed by atoms with van der Waals surface area (Å²) in [4.78, 5) is 29.2. The molecule has 1 aromatic rings. The van der Waals surface area contributed by atoms with E-state index in [4.69, 9.17) is 29.4 Å². The molecule has 14 atom stereocenters. The molecule has 7 bridgehead atoms. The molecule has 5 aliphatic carbocycles. The van der Waals surface area contributed by atoms with Gasteiger partial charge in [0.2, 0.25) is 0 Å². The van der Waals surface area contributed by atoms with Crippen molar-refractivity contribution in [2.24, 2.45) is 40.4 Å². The molecule has 11 heteroatoms. The third kappa shape index (κ3) is 4.01. The van der Waals surface area contributed by atoms with Gasteiger partial charge in [0.15, 0.2) is 0 Å². The van der Waals surface area contributed by atoms with Gasteiger partial charge >= 0.3 is 11.9 Å². The van der Waals surface area contributed by atoms with Crippen LogP contribution < -0.4 is 5.73 Å². The van der Waals surface area contributed by atoms with Crippen LogP contribution in [0.4, 0.5) is 5.69 Å². The summed E-state index contributed by atoms with van der Waals surface area (Å²) in [5.41, 5.74) is 2.08. The highest BCUT2D eigenvalue weighted by atomic mass is 16.6. The van der Waals surface area contributed by atoms with E-state index in [0.717, 1.165) is 0 Å². The number of nitrogens with two attached hydrogens (primary N) is 1. The highest BCUT2D eigenvalue weighted by Crippen LogP contribution is 2.80. The number of anilines is 1. The number of piperidine rings is 1. The molecule has 1 heterocycles. The van der Waals surface area contributed by atoms with Crippen LogP contribution in [0.25, 0.3) is 0 Å². The Morgan fingerprint density at radius 3 is 2.49 bits per heavy atom. The highest BCUT2D eigenvalue weighted by Gasteiger charge is 2.92. The summed E-state index contributed by atoms with van der Waals surface area (Å²) in [5.74, 6) is -2.27. The molecule has 47 heavy (non-hydrogen) atoms. The molecule has 6 aliphatic rings. The van der Waals surface area contributed by atoms with E-state index in [0.29, 0.717) is 50.0 Å². The fourth-order valence-electron chi connectivity index (χ4n) is 12.2. The van der Waals surface area contributed by atoms with Crippen molar-refractivity contribution < 1.29 is 43.5 Å². The molecular formula is C36H52N2O9. The number of likely N-dealkylation sites (N-methyl/N-ethyl adjacent to an activating group) is 1. The average molecular weight is 657 g/mol. The first-order valence-electron chi connectivity index (χ1n) is 17.4. The van der Waals surface area contributed by atoms with Crippen LogP contribution in [0.2, 0.25) is 0 Å². The van der Waals surface area contributed by atoms with Crippen LogP contribution in [0, 0.1) is 40.4 Å². The normalized spacial score (nSPS) is 46.6. The topological polar surface area (TPSA) is 150 Å². The highest BCUT2D eigenvalue weighted by molar-refractivity contribution is 5.95. The first-order chi connectivity index (χ1) is 22.4. The second-order valence-corrected chi connectivity index (χ2v) is 15.4. The molecule has 0 amide bonds. The average Bonchev–Trinajstić information content (AvgIpc) is 3.46. The number of methoxy groups -OCH3 is 3. The molecule has 1 spiro atoms. The van der Waals surface area contributed by atoms with Gasteiger partial charge in [-0.15, -0.1) is 0 Å². The molecule has 5 saturated carbocycles. The Labute approximate surface area is 277 Å². The molecule has 4 N–H and O–H groups in total. The monoisotopic (exact) mass is 656 g/mol. The fraction of sp³-hybridized carbons (Fsp3) is 0.778. The number of fused-ring (bicyclic) bond motifs is 2. The predicted octanol–water partition coefficient (Wildman–Crippen LogP) is 2.66. The Morgan fingerprint density at radius 1 is 1.11 bits per heavy atom. The van der Waals surface area contributed by atoms with Crippen LogP contribution in [0.3, 0.4) is 0 Å². The van der Waals surface area contributed by atoms with Gasteiger partial charge in [-0.3, -0.25) is 9.69 Å². The van der Waals surface area contributed by atoms with Gasteiger partial charge in [-0.1, -0.05) is 32.9 Å². The molecule has 0 aromatic heterocycles. The van der Waals surface area contributed by atoms with Gasteiger partial charge in [-0.25, -0.2) is 4.79 Å². The van der Waals surface area contributed by atoms with E-state index in [1.165, 1.54) is 0 Å². The molecule has 0 unspecified atom stereocenters. The van der Waals surface area contributed by atoms with Crippen LogP contribution in [0.15, 0.2) is 24.3 Å². The van der Waals surface area contributed by atoms with Crippen LogP contribution in [-0.2, 0) is 28.5 Å². The summed E-state index contributed by atoms with van der Waals surface area (Å²) < 4.78 is 31.5. The maximum atomic E-state index is 13.5. The van der Waals surface area contributed by atoms with Crippen molar-refractivity contribution >= 4 is 17.6 Å². The molecule has 7 rings (SSSR count). The van der Waals surface area contributed by atoms with Crippen molar-refractivity contribution in [2.45, 2.75) is 94.5 Å². The predicted molar refractivity (Wildman–Crippen MR) is 171 cm³/mol. The third-order valence-electron chi connectivity index (χ3n) is 14.0. The number of likely N-dealkylation sites (tertiary alicyclic amines) is 1. The van der Waals surface area contributed by atoms with Gasteiger partial charge in [0.25, 0.3) is 0 Å². The van der Waals surface area contributed by atoms with Gasteiger partial charge in [0, 0.05) is 68.6 Å². The molecule has 0 radical (unpaired) electrons. The zero-order chi connectivity index (χ0) is 33.7. The van der Waals surface area contributed by atoms with Gasteiger partial charge in [-0.2, -0.15) is 0 Å². The SMILES string of the molecule is CC[C@H](C)C(=O)O[C@H]1[C@@H]2C[C@@H]3[C@H]1[C@](O)(C[C@@H]2OC)[C@@]1(O)[C@@H](OC)[C@@H]2[C@@]4(COC(=O)c5ccccc5N)CC[C@H](OC)[C@@]32[C@@H]1N(CC)C4. The maximum Gasteiger partial charge on any atom is 0.340 e. The van der Waals surface area contributed by atoms with Gasteiger partial charge < -0.3 is 39.6 Å². The van der Waals surface area contributed by atoms with Crippen molar-refractivity contribution in [3.63, 3.8) is 0 Å². The Bertz CT molecular complexity index is 1410. The van der Waals surface area contributed by atoms with E-state index in [2.05, 4.69) is 11.8 Å². The Kier molecular flexibility index (Phi) is 8.05. The maximum absolute atomic E-state index is 13.5. The summed E-state index contributed by atoms with van der Waals surface area (Å²) in [6.45, 7) is 7.16. The molecule has 260 valence electrons. The minimum Gasteiger partial charge on any atom is -0.461 e. The number of benzene rings is 1. The van der Waals surface area contributed by atoms with Crippen LogP contribution in [0.1, 0.15) is 63.2 Å². The van der Waals surface area contributed by atoms with E-state index in [-0.39, 0.29) is 48.8 Å². The molecule has 1 aromatic carbocycles. The minimum absolute atomic E-state index is 0.106. The van der Waals surface area contributed by atoms with Crippen LogP contribution in [0.5, 0.6) is 0 Å². The van der Waals surface area contributed by atoms with Crippen molar-refractivity contribution in [3.8, 4) is 0 Å². The summed E-state index contributed by atoms with van der Waals surface area (Å²) in [7, 11) is 4.97.